The van der Waals surface area contributed by atoms with Crippen molar-refractivity contribution in [3.63, 3.8) is 0 Å². The van der Waals surface area contributed by atoms with Gasteiger partial charge in [0.25, 0.3) is 5.91 Å². The number of amides is 1. The van der Waals surface area contributed by atoms with Crippen molar-refractivity contribution in [2.24, 2.45) is 0 Å². The second kappa shape index (κ2) is 5.31. The molecule has 92 valence electrons. The zero-order valence-corrected chi connectivity index (χ0v) is 11.8. The van der Waals surface area contributed by atoms with E-state index in [1.54, 1.807) is 12.3 Å². The Labute approximate surface area is 114 Å². The Morgan fingerprint density at radius 3 is 2.61 bits per heavy atom. The lowest BCUT2D eigenvalue weighted by Crippen LogP contribution is -2.14. The first-order chi connectivity index (χ1) is 8.58. The van der Waals surface area contributed by atoms with Crippen LogP contribution >= 0.6 is 15.9 Å². The van der Waals surface area contributed by atoms with E-state index in [9.17, 15) is 4.79 Å². The Bertz CT molecular complexity index is 596. The number of carbonyl (C=O) groups excluding carboxylic acids is 1. The lowest BCUT2D eigenvalue weighted by Gasteiger charge is -2.07. The van der Waals surface area contributed by atoms with Crippen LogP contribution in [0.2, 0.25) is 0 Å². The summed E-state index contributed by atoms with van der Waals surface area (Å²) in [6.07, 6.45) is 1.68. The molecule has 1 aromatic heterocycles. The van der Waals surface area contributed by atoms with Crippen LogP contribution in [-0.2, 0) is 0 Å². The van der Waals surface area contributed by atoms with Gasteiger partial charge < -0.3 is 5.32 Å². The molecule has 0 spiro atoms. The predicted molar refractivity (Wildman–Crippen MR) is 75.8 cm³/mol. The molecule has 0 unspecified atom stereocenters. The second-order valence-corrected chi connectivity index (χ2v) is 4.94. The van der Waals surface area contributed by atoms with Gasteiger partial charge in [-0.05, 0) is 53.0 Å². The van der Waals surface area contributed by atoms with Crippen molar-refractivity contribution in [3.8, 4) is 0 Å². The summed E-state index contributed by atoms with van der Waals surface area (Å²) >= 11 is 3.38. The molecule has 1 N–H and O–H groups in total. The summed E-state index contributed by atoms with van der Waals surface area (Å²) in [6, 6.07) is 9.31. The predicted octanol–water partition coefficient (Wildman–Crippen LogP) is 3.71. The Morgan fingerprint density at radius 1 is 1.22 bits per heavy atom. The highest BCUT2D eigenvalue weighted by molar-refractivity contribution is 9.10. The first-order valence-corrected chi connectivity index (χ1v) is 6.36. The quantitative estimate of drug-likeness (QED) is 0.919. The van der Waals surface area contributed by atoms with Crippen molar-refractivity contribution in [3.05, 3.63) is 57.7 Å². The standard InChI is InChI=1S/C14H13BrN2O/c1-9-5-3-4-6-11(9)14(18)17-13-7-10(2)12(15)8-16-13/h3-8H,1-2H3,(H,16,17,18). The molecule has 0 aliphatic rings. The normalized spacial score (nSPS) is 10.2. The van der Waals surface area contributed by atoms with Crippen molar-refractivity contribution in [1.29, 1.82) is 0 Å². The maximum atomic E-state index is 12.1. The number of aromatic nitrogens is 1. The number of halogens is 1. The van der Waals surface area contributed by atoms with Gasteiger partial charge in [-0.2, -0.15) is 0 Å². The third-order valence-corrected chi connectivity index (χ3v) is 3.51. The van der Waals surface area contributed by atoms with Gasteiger partial charge >= 0.3 is 0 Å². The highest BCUT2D eigenvalue weighted by Crippen LogP contribution is 2.18. The highest BCUT2D eigenvalue weighted by atomic mass is 79.9. The van der Waals surface area contributed by atoms with Crippen molar-refractivity contribution in [1.82, 2.24) is 4.98 Å². The van der Waals surface area contributed by atoms with E-state index in [2.05, 4.69) is 26.2 Å². The van der Waals surface area contributed by atoms with Crippen LogP contribution in [0.1, 0.15) is 21.5 Å². The van der Waals surface area contributed by atoms with Crippen LogP contribution in [0.15, 0.2) is 41.0 Å². The molecule has 2 aromatic rings. The van der Waals surface area contributed by atoms with E-state index in [0.29, 0.717) is 11.4 Å². The minimum absolute atomic E-state index is 0.137. The number of hydrogen-bond acceptors (Lipinski definition) is 2. The fraction of sp³-hybridized carbons (Fsp3) is 0.143. The zero-order chi connectivity index (χ0) is 13.1. The maximum absolute atomic E-state index is 12.1. The number of carbonyl (C=O) groups is 1. The van der Waals surface area contributed by atoms with Crippen molar-refractivity contribution >= 4 is 27.7 Å². The van der Waals surface area contributed by atoms with E-state index < -0.39 is 0 Å². The largest absolute Gasteiger partial charge is 0.307 e. The van der Waals surface area contributed by atoms with Gasteiger partial charge in [-0.15, -0.1) is 0 Å². The number of anilines is 1. The van der Waals surface area contributed by atoms with Crippen LogP contribution in [-0.4, -0.2) is 10.9 Å². The SMILES string of the molecule is Cc1cc(NC(=O)c2ccccc2C)ncc1Br. The average molecular weight is 305 g/mol. The van der Waals surface area contributed by atoms with Crippen LogP contribution in [0.4, 0.5) is 5.82 Å². The molecular formula is C14H13BrN2O. The number of nitrogens with zero attached hydrogens (tertiary/aromatic N) is 1. The molecule has 0 radical (unpaired) electrons. The fourth-order valence-corrected chi connectivity index (χ4v) is 1.84. The Hall–Kier alpha value is -1.68. The first-order valence-electron chi connectivity index (χ1n) is 5.57. The Kier molecular flexibility index (Phi) is 3.77. The van der Waals surface area contributed by atoms with Crippen LogP contribution < -0.4 is 5.32 Å². The average Bonchev–Trinajstić information content (AvgIpc) is 2.34. The molecule has 0 atom stereocenters. The zero-order valence-electron chi connectivity index (χ0n) is 10.2. The number of pyridine rings is 1. The summed E-state index contributed by atoms with van der Waals surface area (Å²) in [5, 5.41) is 2.80. The lowest BCUT2D eigenvalue weighted by atomic mass is 10.1. The Balaban J connectivity index is 2.22. The van der Waals surface area contributed by atoms with E-state index in [1.807, 2.05) is 38.1 Å². The van der Waals surface area contributed by atoms with E-state index in [-0.39, 0.29) is 5.91 Å². The molecule has 1 aromatic carbocycles. The number of rotatable bonds is 2. The van der Waals surface area contributed by atoms with Gasteiger partial charge in [0.05, 0.1) is 0 Å². The third kappa shape index (κ3) is 2.76. The van der Waals surface area contributed by atoms with Gasteiger partial charge in [0.1, 0.15) is 5.82 Å². The summed E-state index contributed by atoms with van der Waals surface area (Å²) in [5.41, 5.74) is 2.65. The minimum Gasteiger partial charge on any atom is -0.307 e. The van der Waals surface area contributed by atoms with Crippen LogP contribution in [0, 0.1) is 13.8 Å². The van der Waals surface area contributed by atoms with Gasteiger partial charge in [0, 0.05) is 16.2 Å². The van der Waals surface area contributed by atoms with E-state index in [4.69, 9.17) is 0 Å². The van der Waals surface area contributed by atoms with E-state index in [0.717, 1.165) is 15.6 Å². The van der Waals surface area contributed by atoms with Gasteiger partial charge in [0.15, 0.2) is 0 Å². The van der Waals surface area contributed by atoms with Crippen molar-refractivity contribution in [2.45, 2.75) is 13.8 Å². The third-order valence-electron chi connectivity index (χ3n) is 2.68. The number of hydrogen-bond donors (Lipinski definition) is 1. The first kappa shape index (κ1) is 12.8. The summed E-state index contributed by atoms with van der Waals surface area (Å²) < 4.78 is 0.927. The monoisotopic (exact) mass is 304 g/mol. The number of nitrogens with one attached hydrogen (secondary N) is 1. The molecular weight excluding hydrogens is 292 g/mol. The summed E-state index contributed by atoms with van der Waals surface area (Å²) in [7, 11) is 0. The van der Waals surface area contributed by atoms with Gasteiger partial charge in [-0.25, -0.2) is 4.98 Å². The molecule has 18 heavy (non-hydrogen) atoms. The minimum atomic E-state index is -0.137. The maximum Gasteiger partial charge on any atom is 0.257 e. The second-order valence-electron chi connectivity index (χ2n) is 4.09. The number of benzene rings is 1. The van der Waals surface area contributed by atoms with Gasteiger partial charge in [0.2, 0.25) is 0 Å². The smallest absolute Gasteiger partial charge is 0.257 e. The van der Waals surface area contributed by atoms with Crippen molar-refractivity contribution in [2.75, 3.05) is 5.32 Å². The summed E-state index contributed by atoms with van der Waals surface area (Å²) in [4.78, 5) is 16.2. The topological polar surface area (TPSA) is 42.0 Å². The van der Waals surface area contributed by atoms with Gasteiger partial charge in [-0.3, -0.25) is 4.79 Å². The summed E-state index contributed by atoms with van der Waals surface area (Å²) in [6.45, 7) is 3.87. The van der Waals surface area contributed by atoms with E-state index in [1.165, 1.54) is 0 Å². The molecule has 0 aliphatic heterocycles. The molecule has 3 nitrogen and oxygen atoms in total. The Morgan fingerprint density at radius 2 is 1.94 bits per heavy atom. The highest BCUT2D eigenvalue weighted by Gasteiger charge is 2.09. The number of aryl methyl sites for hydroxylation is 2. The molecule has 2 rings (SSSR count). The van der Waals surface area contributed by atoms with Crippen LogP contribution in [0.3, 0.4) is 0 Å². The molecule has 0 fully saturated rings. The molecule has 0 saturated heterocycles. The van der Waals surface area contributed by atoms with Crippen molar-refractivity contribution < 1.29 is 4.79 Å². The molecule has 1 heterocycles. The molecule has 4 heteroatoms. The van der Waals surface area contributed by atoms with Crippen LogP contribution in [0.5, 0.6) is 0 Å². The molecule has 0 bridgehead atoms. The molecule has 1 amide bonds. The molecule has 0 aliphatic carbocycles. The fourth-order valence-electron chi connectivity index (χ4n) is 1.62. The molecule has 0 saturated carbocycles. The lowest BCUT2D eigenvalue weighted by molar-refractivity contribution is 0.102. The summed E-state index contributed by atoms with van der Waals surface area (Å²) in [5.74, 6) is 0.422. The van der Waals surface area contributed by atoms with Gasteiger partial charge in [-0.1, -0.05) is 18.2 Å². The van der Waals surface area contributed by atoms with Crippen LogP contribution in [0.25, 0.3) is 0 Å². The van der Waals surface area contributed by atoms with E-state index >= 15 is 0 Å².